The highest BCUT2D eigenvalue weighted by atomic mass is 35.5. The first-order valence-corrected chi connectivity index (χ1v) is 9.67. The van der Waals surface area contributed by atoms with E-state index in [4.69, 9.17) is 16.3 Å². The lowest BCUT2D eigenvalue weighted by molar-refractivity contribution is 0.143. The van der Waals surface area contributed by atoms with Gasteiger partial charge in [-0.1, -0.05) is 35.9 Å². The molecule has 1 aliphatic rings. The monoisotopic (exact) mass is 387 g/mol. The summed E-state index contributed by atoms with van der Waals surface area (Å²) in [6.45, 7) is 7.91. The molecule has 27 heavy (non-hydrogen) atoms. The molecule has 1 aliphatic heterocycles. The number of nitrogens with one attached hydrogen (secondary N) is 1. The maximum atomic E-state index is 12.6. The average molecular weight is 388 g/mol. The summed E-state index contributed by atoms with van der Waals surface area (Å²) in [5.74, 6) is 0.697. The Labute approximate surface area is 165 Å². The van der Waals surface area contributed by atoms with E-state index in [0.717, 1.165) is 24.7 Å². The van der Waals surface area contributed by atoms with Crippen LogP contribution in [0.2, 0.25) is 5.02 Å². The smallest absolute Gasteiger partial charge is 0.322 e. The molecule has 1 heterocycles. The molecule has 0 saturated carbocycles. The van der Waals surface area contributed by atoms with Crippen LogP contribution in [0.25, 0.3) is 0 Å². The van der Waals surface area contributed by atoms with E-state index in [0.29, 0.717) is 24.5 Å². The number of para-hydroxylation sites is 2. The molecule has 0 aromatic heterocycles. The van der Waals surface area contributed by atoms with Gasteiger partial charge in [0.1, 0.15) is 5.75 Å². The predicted octanol–water partition coefficient (Wildman–Crippen LogP) is 4.48. The Balaban J connectivity index is 1.52. The van der Waals surface area contributed by atoms with Gasteiger partial charge in [-0.25, -0.2) is 4.79 Å². The van der Waals surface area contributed by atoms with Gasteiger partial charge < -0.3 is 15.0 Å². The van der Waals surface area contributed by atoms with Crippen LogP contribution < -0.4 is 10.1 Å². The summed E-state index contributed by atoms with van der Waals surface area (Å²) in [5.41, 5.74) is 1.94. The van der Waals surface area contributed by atoms with Crippen molar-refractivity contribution in [3.8, 4) is 5.75 Å². The molecular weight excluding hydrogens is 362 g/mol. The third-order valence-electron chi connectivity index (χ3n) is 4.47. The first kappa shape index (κ1) is 19.5. The molecule has 0 unspecified atom stereocenters. The second kappa shape index (κ2) is 9.11. The second-order valence-electron chi connectivity index (χ2n) is 6.98. The molecule has 0 bridgehead atoms. The van der Waals surface area contributed by atoms with Crippen LogP contribution in [0.1, 0.15) is 19.4 Å². The van der Waals surface area contributed by atoms with Gasteiger partial charge in [0.15, 0.2) is 0 Å². The van der Waals surface area contributed by atoms with Crippen LogP contribution >= 0.6 is 11.6 Å². The number of carbonyl (C=O) groups excluding carboxylic acids is 1. The fourth-order valence-electron chi connectivity index (χ4n) is 3.08. The van der Waals surface area contributed by atoms with Crippen LogP contribution in [-0.4, -0.2) is 48.1 Å². The van der Waals surface area contributed by atoms with Gasteiger partial charge in [0.2, 0.25) is 0 Å². The van der Waals surface area contributed by atoms with E-state index in [1.807, 2.05) is 67.3 Å². The Morgan fingerprint density at radius 3 is 2.41 bits per heavy atom. The van der Waals surface area contributed by atoms with Gasteiger partial charge in [0, 0.05) is 37.7 Å². The Bertz CT molecular complexity index is 756. The summed E-state index contributed by atoms with van der Waals surface area (Å²) < 4.78 is 5.77. The first-order valence-electron chi connectivity index (χ1n) is 9.29. The number of anilines is 1. The van der Waals surface area contributed by atoms with Crippen LogP contribution in [0, 0.1) is 0 Å². The van der Waals surface area contributed by atoms with Crippen molar-refractivity contribution in [3.63, 3.8) is 0 Å². The average Bonchev–Trinajstić information content (AvgIpc) is 2.65. The van der Waals surface area contributed by atoms with Gasteiger partial charge in [-0.05, 0) is 43.7 Å². The van der Waals surface area contributed by atoms with Gasteiger partial charge in [-0.15, -0.1) is 0 Å². The zero-order valence-electron chi connectivity index (χ0n) is 15.8. The van der Waals surface area contributed by atoms with Crippen molar-refractivity contribution in [3.05, 3.63) is 59.1 Å². The zero-order chi connectivity index (χ0) is 19.2. The molecule has 2 aromatic rings. The number of carbonyl (C=O) groups is 1. The number of urea groups is 1. The molecular formula is C21H26ClN3O2. The number of ether oxygens (including phenoxy) is 1. The first-order chi connectivity index (χ1) is 13.0. The van der Waals surface area contributed by atoms with Crippen molar-refractivity contribution in [1.82, 2.24) is 9.80 Å². The van der Waals surface area contributed by atoms with E-state index in [2.05, 4.69) is 10.2 Å². The lowest BCUT2D eigenvalue weighted by atomic mass is 10.2. The molecule has 0 radical (unpaired) electrons. The SMILES string of the molecule is CC(C)Oc1ccccc1NC(=O)N1CCN(Cc2ccc(Cl)cc2)CC1. The molecule has 5 nitrogen and oxygen atoms in total. The minimum atomic E-state index is -0.0825. The normalized spacial score (nSPS) is 15.0. The molecule has 3 rings (SSSR count). The topological polar surface area (TPSA) is 44.8 Å². The van der Waals surface area contributed by atoms with Crippen molar-refractivity contribution in [2.45, 2.75) is 26.5 Å². The summed E-state index contributed by atoms with van der Waals surface area (Å²) in [7, 11) is 0. The van der Waals surface area contributed by atoms with Crippen LogP contribution in [0.3, 0.4) is 0 Å². The number of rotatable bonds is 5. The van der Waals surface area contributed by atoms with Crippen LogP contribution in [-0.2, 0) is 6.54 Å². The largest absolute Gasteiger partial charge is 0.489 e. The van der Waals surface area contributed by atoms with Gasteiger partial charge in [-0.2, -0.15) is 0 Å². The number of nitrogens with zero attached hydrogens (tertiary/aromatic N) is 2. The number of hydrogen-bond donors (Lipinski definition) is 1. The summed E-state index contributed by atoms with van der Waals surface area (Å²) >= 11 is 5.94. The van der Waals surface area contributed by atoms with Crippen molar-refractivity contribution in [2.75, 3.05) is 31.5 Å². The van der Waals surface area contributed by atoms with Gasteiger partial charge >= 0.3 is 6.03 Å². The quantitative estimate of drug-likeness (QED) is 0.822. The number of benzene rings is 2. The van der Waals surface area contributed by atoms with Crippen LogP contribution in [0.5, 0.6) is 5.75 Å². The van der Waals surface area contributed by atoms with Gasteiger partial charge in [0.25, 0.3) is 0 Å². The molecule has 2 aromatic carbocycles. The van der Waals surface area contributed by atoms with Gasteiger partial charge in [-0.3, -0.25) is 4.90 Å². The lowest BCUT2D eigenvalue weighted by Gasteiger charge is -2.34. The molecule has 1 saturated heterocycles. The highest BCUT2D eigenvalue weighted by molar-refractivity contribution is 6.30. The standard InChI is InChI=1S/C21H26ClN3O2/c1-16(2)27-20-6-4-3-5-19(20)23-21(26)25-13-11-24(12-14-25)15-17-7-9-18(22)10-8-17/h3-10,16H,11-15H2,1-2H3,(H,23,26). The van der Waals surface area contributed by atoms with E-state index in [1.54, 1.807) is 0 Å². The third-order valence-corrected chi connectivity index (χ3v) is 4.72. The minimum Gasteiger partial charge on any atom is -0.489 e. The Morgan fingerprint density at radius 1 is 1.07 bits per heavy atom. The van der Waals surface area contributed by atoms with Crippen LogP contribution in [0.4, 0.5) is 10.5 Å². The summed E-state index contributed by atoms with van der Waals surface area (Å²) in [6.07, 6.45) is 0.0551. The highest BCUT2D eigenvalue weighted by Gasteiger charge is 2.22. The zero-order valence-corrected chi connectivity index (χ0v) is 16.6. The molecule has 0 atom stereocenters. The van der Waals surface area contributed by atoms with E-state index in [9.17, 15) is 4.79 Å². The Hall–Kier alpha value is -2.24. The van der Waals surface area contributed by atoms with Crippen molar-refractivity contribution < 1.29 is 9.53 Å². The number of amides is 2. The van der Waals surface area contributed by atoms with Gasteiger partial charge in [0.05, 0.1) is 11.8 Å². The molecule has 144 valence electrons. The molecule has 1 N–H and O–H groups in total. The maximum Gasteiger partial charge on any atom is 0.322 e. The number of halogens is 1. The molecule has 0 aliphatic carbocycles. The lowest BCUT2D eigenvalue weighted by Crippen LogP contribution is -2.49. The Kier molecular flexibility index (Phi) is 6.58. The van der Waals surface area contributed by atoms with E-state index >= 15 is 0 Å². The molecule has 2 amide bonds. The summed E-state index contributed by atoms with van der Waals surface area (Å²) in [6, 6.07) is 15.4. The summed E-state index contributed by atoms with van der Waals surface area (Å²) in [5, 5.41) is 3.74. The van der Waals surface area contributed by atoms with Crippen LogP contribution in [0.15, 0.2) is 48.5 Å². The maximum absolute atomic E-state index is 12.6. The molecule has 0 spiro atoms. The van der Waals surface area contributed by atoms with Crippen molar-refractivity contribution in [2.24, 2.45) is 0 Å². The fourth-order valence-corrected chi connectivity index (χ4v) is 3.20. The van der Waals surface area contributed by atoms with E-state index in [-0.39, 0.29) is 12.1 Å². The molecule has 6 heteroatoms. The molecule has 1 fully saturated rings. The van der Waals surface area contributed by atoms with E-state index in [1.165, 1.54) is 5.56 Å². The van der Waals surface area contributed by atoms with Crippen molar-refractivity contribution >= 4 is 23.3 Å². The highest BCUT2D eigenvalue weighted by Crippen LogP contribution is 2.25. The van der Waals surface area contributed by atoms with E-state index < -0.39 is 0 Å². The Morgan fingerprint density at radius 2 is 1.74 bits per heavy atom. The predicted molar refractivity (Wildman–Crippen MR) is 110 cm³/mol. The summed E-state index contributed by atoms with van der Waals surface area (Å²) in [4.78, 5) is 16.8. The second-order valence-corrected chi connectivity index (χ2v) is 7.42. The fraction of sp³-hybridized carbons (Fsp3) is 0.381. The number of piperazine rings is 1. The minimum absolute atomic E-state index is 0.0551. The number of hydrogen-bond acceptors (Lipinski definition) is 3. The third kappa shape index (κ3) is 5.62. The van der Waals surface area contributed by atoms with Crippen molar-refractivity contribution in [1.29, 1.82) is 0 Å².